The van der Waals surface area contributed by atoms with Crippen molar-refractivity contribution in [2.75, 3.05) is 12.3 Å². The summed E-state index contributed by atoms with van der Waals surface area (Å²) in [4.78, 5) is 24.1. The number of rotatable bonds is 7. The summed E-state index contributed by atoms with van der Waals surface area (Å²) in [5.41, 5.74) is 9.01. The van der Waals surface area contributed by atoms with Crippen LogP contribution in [0.5, 0.6) is 0 Å². The summed E-state index contributed by atoms with van der Waals surface area (Å²) in [6.45, 7) is 5.41. The van der Waals surface area contributed by atoms with Crippen LogP contribution in [0.15, 0.2) is 18.7 Å². The molecule has 3 heterocycles. The van der Waals surface area contributed by atoms with Gasteiger partial charge >= 0.3 is 5.97 Å². The number of carbonyl (C=O) groups excluding carboxylic acids is 1. The van der Waals surface area contributed by atoms with Crippen LogP contribution in [0.3, 0.4) is 0 Å². The molecule has 0 bridgehead atoms. The van der Waals surface area contributed by atoms with E-state index in [0.717, 1.165) is 11.4 Å². The van der Waals surface area contributed by atoms with E-state index >= 15 is 0 Å². The number of hydrogen-bond acceptors (Lipinski definition) is 7. The number of aromatic nitrogens is 6. The zero-order valence-electron chi connectivity index (χ0n) is 14.3. The number of aryl methyl sites for hydroxylation is 4. The predicted molar refractivity (Wildman–Crippen MR) is 91.6 cm³/mol. The van der Waals surface area contributed by atoms with Crippen LogP contribution in [0, 0.1) is 13.8 Å². The highest BCUT2D eigenvalue weighted by Gasteiger charge is 2.09. The number of imidazole rings is 1. The molecule has 0 aliphatic heterocycles. The Balaban J connectivity index is 1.42. The SMILES string of the molecule is Cc1cc(C)n(CCC(=O)OCCCn2cnc3c(N)ncnc32)n1. The van der Waals surface area contributed by atoms with Crippen LogP contribution >= 0.6 is 0 Å². The minimum absolute atomic E-state index is 0.227. The normalized spacial score (nSPS) is 11.1. The molecule has 0 saturated heterocycles. The Morgan fingerprint density at radius 2 is 2.08 bits per heavy atom. The second-order valence-electron chi connectivity index (χ2n) is 5.84. The summed E-state index contributed by atoms with van der Waals surface area (Å²) in [6, 6.07) is 1.98. The van der Waals surface area contributed by atoms with E-state index in [2.05, 4.69) is 20.1 Å². The predicted octanol–water partition coefficient (Wildman–Crippen LogP) is 1.25. The molecule has 0 aliphatic carbocycles. The lowest BCUT2D eigenvalue weighted by atomic mass is 10.4. The summed E-state index contributed by atoms with van der Waals surface area (Å²) in [5.74, 6) is 0.133. The number of hydrogen-bond donors (Lipinski definition) is 1. The van der Waals surface area contributed by atoms with Gasteiger partial charge in [0.2, 0.25) is 0 Å². The molecule has 3 rings (SSSR count). The quantitative estimate of drug-likeness (QED) is 0.507. The molecule has 0 fully saturated rings. The van der Waals surface area contributed by atoms with Crippen LogP contribution < -0.4 is 5.73 Å². The molecule has 0 unspecified atom stereocenters. The average Bonchev–Trinajstić information content (AvgIpc) is 3.13. The maximum Gasteiger partial charge on any atom is 0.307 e. The van der Waals surface area contributed by atoms with Crippen LogP contribution in [-0.2, 0) is 22.6 Å². The highest BCUT2D eigenvalue weighted by molar-refractivity contribution is 5.81. The van der Waals surface area contributed by atoms with E-state index in [-0.39, 0.29) is 5.97 Å². The maximum absolute atomic E-state index is 11.8. The van der Waals surface area contributed by atoms with Gasteiger partial charge in [-0.25, -0.2) is 15.0 Å². The molecule has 0 radical (unpaired) electrons. The fourth-order valence-corrected chi connectivity index (χ4v) is 2.65. The van der Waals surface area contributed by atoms with Gasteiger partial charge in [0.05, 0.1) is 31.6 Å². The molecule has 0 spiro atoms. The van der Waals surface area contributed by atoms with Gasteiger partial charge in [-0.2, -0.15) is 5.10 Å². The van der Waals surface area contributed by atoms with Crippen LogP contribution in [0.25, 0.3) is 11.2 Å². The van der Waals surface area contributed by atoms with Gasteiger partial charge in [-0.05, 0) is 26.3 Å². The molecule has 25 heavy (non-hydrogen) atoms. The van der Waals surface area contributed by atoms with Crippen molar-refractivity contribution in [3.05, 3.63) is 30.1 Å². The molecule has 0 atom stereocenters. The Morgan fingerprint density at radius 3 is 2.84 bits per heavy atom. The number of nitrogen functional groups attached to an aromatic ring is 1. The fourth-order valence-electron chi connectivity index (χ4n) is 2.65. The standard InChI is InChI=1S/C16H21N7O2/c1-11-8-12(2)23(21-11)6-4-13(24)25-7-3-5-22-10-20-14-15(17)18-9-19-16(14)22/h8-10H,3-7H2,1-2H3,(H2,17,18,19). The highest BCUT2D eigenvalue weighted by atomic mass is 16.5. The lowest BCUT2D eigenvalue weighted by Crippen LogP contribution is -2.12. The summed E-state index contributed by atoms with van der Waals surface area (Å²) < 4.78 is 8.96. The highest BCUT2D eigenvalue weighted by Crippen LogP contribution is 2.14. The second kappa shape index (κ2) is 7.29. The summed E-state index contributed by atoms with van der Waals surface area (Å²) in [6.07, 6.45) is 4.05. The number of nitrogens with two attached hydrogens (primary N) is 1. The second-order valence-corrected chi connectivity index (χ2v) is 5.84. The third-order valence-electron chi connectivity index (χ3n) is 3.87. The first-order valence-electron chi connectivity index (χ1n) is 8.12. The fraction of sp³-hybridized carbons (Fsp3) is 0.438. The molecule has 9 nitrogen and oxygen atoms in total. The van der Waals surface area contributed by atoms with Gasteiger partial charge < -0.3 is 15.0 Å². The van der Waals surface area contributed by atoms with Crippen LogP contribution in [0.2, 0.25) is 0 Å². The molecule has 0 aliphatic rings. The lowest BCUT2D eigenvalue weighted by molar-refractivity contribution is -0.144. The van der Waals surface area contributed by atoms with Crippen molar-refractivity contribution < 1.29 is 9.53 Å². The van der Waals surface area contributed by atoms with E-state index in [0.29, 0.717) is 49.5 Å². The summed E-state index contributed by atoms with van der Waals surface area (Å²) in [5, 5.41) is 4.32. The minimum atomic E-state index is -0.227. The minimum Gasteiger partial charge on any atom is -0.466 e. The number of anilines is 1. The van der Waals surface area contributed by atoms with Gasteiger partial charge in [0.1, 0.15) is 11.8 Å². The number of ether oxygens (including phenoxy) is 1. The lowest BCUT2D eigenvalue weighted by Gasteiger charge is -2.07. The monoisotopic (exact) mass is 343 g/mol. The van der Waals surface area contributed by atoms with Crippen LogP contribution in [0.1, 0.15) is 24.2 Å². The third kappa shape index (κ3) is 3.93. The average molecular weight is 343 g/mol. The largest absolute Gasteiger partial charge is 0.466 e. The van der Waals surface area contributed by atoms with E-state index < -0.39 is 0 Å². The van der Waals surface area contributed by atoms with Crippen molar-refractivity contribution in [3.63, 3.8) is 0 Å². The van der Waals surface area contributed by atoms with Gasteiger partial charge in [0, 0.05) is 12.2 Å². The Labute approximate surface area is 144 Å². The van der Waals surface area contributed by atoms with Gasteiger partial charge in [-0.15, -0.1) is 0 Å². The van der Waals surface area contributed by atoms with Crippen molar-refractivity contribution >= 4 is 23.0 Å². The van der Waals surface area contributed by atoms with Crippen molar-refractivity contribution in [1.29, 1.82) is 0 Å². The van der Waals surface area contributed by atoms with Gasteiger partial charge in [0.25, 0.3) is 0 Å². The van der Waals surface area contributed by atoms with Crippen LogP contribution in [0.4, 0.5) is 5.82 Å². The smallest absolute Gasteiger partial charge is 0.307 e. The Kier molecular flexibility index (Phi) is 4.92. The van der Waals surface area contributed by atoms with E-state index in [9.17, 15) is 4.79 Å². The number of esters is 1. The number of carbonyl (C=O) groups is 1. The molecule has 9 heteroatoms. The van der Waals surface area contributed by atoms with Gasteiger partial charge in [-0.3, -0.25) is 9.48 Å². The first-order valence-corrected chi connectivity index (χ1v) is 8.12. The number of fused-ring (bicyclic) bond motifs is 1. The van der Waals surface area contributed by atoms with E-state index in [1.807, 2.05) is 29.2 Å². The molecule has 3 aromatic heterocycles. The van der Waals surface area contributed by atoms with Crippen LogP contribution in [-0.4, -0.2) is 41.9 Å². The molecule has 2 N–H and O–H groups in total. The Morgan fingerprint density at radius 1 is 1.24 bits per heavy atom. The first kappa shape index (κ1) is 16.9. The van der Waals surface area contributed by atoms with Crippen molar-refractivity contribution in [2.45, 2.75) is 39.8 Å². The summed E-state index contributed by atoms with van der Waals surface area (Å²) in [7, 11) is 0. The first-order chi connectivity index (χ1) is 12.0. The Hall–Kier alpha value is -2.97. The van der Waals surface area contributed by atoms with Crippen molar-refractivity contribution in [2.24, 2.45) is 0 Å². The molecular formula is C16H21N7O2. The molecular weight excluding hydrogens is 322 g/mol. The van der Waals surface area contributed by atoms with Crippen molar-refractivity contribution in [3.8, 4) is 0 Å². The molecule has 0 amide bonds. The van der Waals surface area contributed by atoms with Gasteiger partial charge in [0.15, 0.2) is 11.5 Å². The maximum atomic E-state index is 11.8. The number of nitrogens with zero attached hydrogens (tertiary/aromatic N) is 6. The zero-order valence-corrected chi connectivity index (χ0v) is 14.3. The zero-order chi connectivity index (χ0) is 17.8. The molecule has 132 valence electrons. The third-order valence-corrected chi connectivity index (χ3v) is 3.87. The Bertz CT molecular complexity index is 884. The molecule has 0 saturated carbocycles. The van der Waals surface area contributed by atoms with E-state index in [1.165, 1.54) is 6.33 Å². The summed E-state index contributed by atoms with van der Waals surface area (Å²) >= 11 is 0. The molecule has 3 aromatic rings. The molecule has 0 aromatic carbocycles. The van der Waals surface area contributed by atoms with Crippen molar-refractivity contribution in [1.82, 2.24) is 29.3 Å². The van der Waals surface area contributed by atoms with E-state index in [1.54, 1.807) is 6.33 Å². The van der Waals surface area contributed by atoms with E-state index in [4.69, 9.17) is 10.5 Å². The van der Waals surface area contributed by atoms with Gasteiger partial charge in [-0.1, -0.05) is 0 Å². The topological polar surface area (TPSA) is 114 Å².